The van der Waals surface area contributed by atoms with Crippen molar-refractivity contribution in [2.45, 2.75) is 133 Å². The van der Waals surface area contributed by atoms with Gasteiger partial charge in [0.25, 0.3) is 0 Å². The van der Waals surface area contributed by atoms with Gasteiger partial charge in [-0.1, -0.05) is 43.3 Å². The number of rotatable bonds is 16. The number of fused-ring (bicyclic) bond motifs is 2. The van der Waals surface area contributed by atoms with Crippen molar-refractivity contribution < 1.29 is 33.8 Å². The van der Waals surface area contributed by atoms with Gasteiger partial charge in [-0.2, -0.15) is 5.26 Å². The number of aromatic hydroxyl groups is 1. The van der Waals surface area contributed by atoms with E-state index in [0.29, 0.717) is 52.3 Å². The molecule has 11 rings (SSSR count). The number of hydrogen-bond acceptors (Lipinski definition) is 17. The third-order valence-electron chi connectivity index (χ3n) is 17.1. The maximum absolute atomic E-state index is 14.3. The van der Waals surface area contributed by atoms with Crippen molar-refractivity contribution >= 4 is 34.8 Å². The molecule has 0 radical (unpaired) electrons. The number of nitrogens with two attached hydrogens (primary N) is 1. The minimum atomic E-state index is -0.825. The summed E-state index contributed by atoms with van der Waals surface area (Å²) < 4.78 is 19.0. The molecule has 6 fully saturated rings. The number of nitrogens with one attached hydrogen (secondary N) is 1. The van der Waals surface area contributed by atoms with E-state index in [1.54, 1.807) is 36.4 Å². The van der Waals surface area contributed by atoms with Crippen molar-refractivity contribution in [2.75, 3.05) is 72.8 Å². The minimum absolute atomic E-state index is 0.0646. The highest BCUT2D eigenvalue weighted by Gasteiger charge is 2.45. The van der Waals surface area contributed by atoms with Gasteiger partial charge in [0, 0.05) is 113 Å². The number of aliphatic hydroxyl groups excluding tert-OH is 1. The molecule has 19 heteroatoms. The number of hydrogen-bond donors (Lipinski definition) is 4. The van der Waals surface area contributed by atoms with Crippen LogP contribution in [0.1, 0.15) is 107 Å². The summed E-state index contributed by atoms with van der Waals surface area (Å²) in [4.78, 5) is 43.7. The molecular weight excluding hydrogens is 977 g/mol. The van der Waals surface area contributed by atoms with E-state index < -0.39 is 18.1 Å². The molecule has 5 aromatic rings. The first kappa shape index (κ1) is 52.1. The molecule has 3 aromatic heterocycles. The molecule has 1 saturated carbocycles. The zero-order valence-corrected chi connectivity index (χ0v) is 44.4. The number of carbonyl (C=O) groups excluding carboxylic acids is 2. The van der Waals surface area contributed by atoms with Crippen LogP contribution in [0.4, 0.5) is 23.0 Å². The fourth-order valence-electron chi connectivity index (χ4n) is 12.8. The number of piperidine rings is 2. The molecule has 5 N–H and O–H groups in total. The molecule has 2 amide bonds. The van der Waals surface area contributed by atoms with Gasteiger partial charge in [-0.15, -0.1) is 10.2 Å². The predicted molar refractivity (Wildman–Crippen MR) is 290 cm³/mol. The number of β-amino-alcohol motifs (C(OH)–C–C–N with tert-alkyl or cyclic N) is 1. The molecular formula is C58H72N12O7. The first-order valence-electron chi connectivity index (χ1n) is 27.8. The van der Waals surface area contributed by atoms with E-state index in [4.69, 9.17) is 19.7 Å². The van der Waals surface area contributed by atoms with Gasteiger partial charge in [0.15, 0.2) is 17.4 Å². The smallest absolute Gasteiger partial charge is 0.243 e. The lowest BCUT2D eigenvalue weighted by atomic mass is 9.91. The van der Waals surface area contributed by atoms with E-state index in [2.05, 4.69) is 63.5 Å². The van der Waals surface area contributed by atoms with E-state index in [1.165, 1.54) is 4.90 Å². The summed E-state index contributed by atoms with van der Waals surface area (Å²) in [5.74, 6) is 1.58. The van der Waals surface area contributed by atoms with Crippen molar-refractivity contribution in [1.29, 1.82) is 5.26 Å². The standard InChI is InChI=1S/C58H72N12O7/c1-35(2)55(58(74)69-34-43(71)25-50(69)57(73)62-36(3)39-10-8-37(30-59)9-11-39)52-29-53(65-77-52)67-22-15-38(16-23-67)31-66-20-17-44(18-21-66)75-45-26-46(27-45)76-54-24-40(14-19-61-54)70-41-12-13-42(70)33-68(32-41)49-28-48(63-64-56(49)60)47-6-4-5-7-51(47)72/h4-11,14,19,24,28-29,35-36,38,41-46,50,55,71-72H,12-13,15-18,20-23,25-27,31-34H2,1-3H3,(H2,60,64)(H,62,73)/t36-,41+,42?,43+,45?,46?,50-,55-/m0/s1. The molecule has 0 spiro atoms. The number of aliphatic hydroxyl groups is 1. The van der Waals surface area contributed by atoms with E-state index in [1.807, 2.05) is 51.2 Å². The quantitative estimate of drug-likeness (QED) is 0.0833. The number of nitrogens with zero attached hydrogens (tertiary/aromatic N) is 10. The SMILES string of the molecule is CC(C)[C@H](C(=O)N1C[C@H](O)C[C@H]1C(=O)N[C@@H](C)c1ccc(C#N)cc1)c1cc(N2CCC(CN3CCC(OC4CC(Oc5cc(N6C7CC[C@@H]6CN(c6cc(-c8ccccc8O)nnc6N)C7)ccn5)C4)CC3)CC2)no1. The maximum Gasteiger partial charge on any atom is 0.243 e. The highest BCUT2D eigenvalue weighted by atomic mass is 16.5. The van der Waals surface area contributed by atoms with Gasteiger partial charge >= 0.3 is 0 Å². The Hall–Kier alpha value is -7.01. The monoisotopic (exact) mass is 1050 g/mol. The second-order valence-corrected chi connectivity index (χ2v) is 22.6. The number of ether oxygens (including phenoxy) is 2. The average Bonchev–Trinajstić information content (AvgIpc) is 4.16. The Morgan fingerprint density at radius 3 is 2.31 bits per heavy atom. The van der Waals surface area contributed by atoms with Crippen LogP contribution in [0.2, 0.25) is 0 Å². The van der Waals surface area contributed by atoms with Crippen LogP contribution in [0, 0.1) is 23.2 Å². The minimum Gasteiger partial charge on any atom is -0.507 e. The zero-order valence-electron chi connectivity index (χ0n) is 44.4. The molecule has 6 aliphatic rings. The van der Waals surface area contributed by atoms with Gasteiger partial charge < -0.3 is 59.8 Å². The van der Waals surface area contributed by atoms with E-state index in [0.717, 1.165) is 120 Å². The number of likely N-dealkylation sites (tertiary alicyclic amines) is 2. The second kappa shape index (κ2) is 22.5. The molecule has 2 aromatic carbocycles. The highest BCUT2D eigenvalue weighted by molar-refractivity contribution is 5.91. The molecule has 8 heterocycles. The zero-order chi connectivity index (χ0) is 53.3. The number of amides is 2. The van der Waals surface area contributed by atoms with Crippen molar-refractivity contribution in [3.05, 3.63) is 95.9 Å². The van der Waals surface area contributed by atoms with Crippen LogP contribution in [-0.2, 0) is 14.3 Å². The lowest BCUT2D eigenvalue weighted by Gasteiger charge is -2.43. The molecule has 19 nitrogen and oxygen atoms in total. The summed E-state index contributed by atoms with van der Waals surface area (Å²) in [5, 5.41) is 46.4. The molecule has 1 unspecified atom stereocenters. The van der Waals surface area contributed by atoms with Crippen LogP contribution >= 0.6 is 0 Å². The first-order valence-corrected chi connectivity index (χ1v) is 27.8. The van der Waals surface area contributed by atoms with Crippen LogP contribution in [0.25, 0.3) is 11.3 Å². The number of piperazine rings is 1. The van der Waals surface area contributed by atoms with Gasteiger partial charge in [0.05, 0.1) is 47.4 Å². The number of carbonyl (C=O) groups is 2. The van der Waals surface area contributed by atoms with Gasteiger partial charge in [0.1, 0.15) is 23.8 Å². The maximum atomic E-state index is 14.3. The number of anilines is 4. The van der Waals surface area contributed by atoms with Gasteiger partial charge in [0.2, 0.25) is 17.7 Å². The van der Waals surface area contributed by atoms with Crippen molar-refractivity contribution in [3.63, 3.8) is 0 Å². The topological polar surface area (TPSA) is 236 Å². The first-order chi connectivity index (χ1) is 37.3. The summed E-state index contributed by atoms with van der Waals surface area (Å²) in [7, 11) is 0. The Morgan fingerprint density at radius 2 is 1.60 bits per heavy atom. The van der Waals surface area contributed by atoms with Crippen molar-refractivity contribution in [1.82, 2.24) is 35.5 Å². The third kappa shape index (κ3) is 11.4. The number of phenols is 1. The Morgan fingerprint density at radius 1 is 0.857 bits per heavy atom. The average molecular weight is 1050 g/mol. The fourth-order valence-corrected chi connectivity index (χ4v) is 12.8. The molecule has 77 heavy (non-hydrogen) atoms. The number of pyridine rings is 1. The van der Waals surface area contributed by atoms with E-state index in [9.17, 15) is 25.1 Å². The number of nitrogen functional groups attached to an aromatic ring is 1. The highest BCUT2D eigenvalue weighted by Crippen LogP contribution is 2.41. The largest absolute Gasteiger partial charge is 0.507 e. The van der Waals surface area contributed by atoms with Crippen LogP contribution in [-0.4, -0.2) is 147 Å². The van der Waals surface area contributed by atoms with Gasteiger partial charge in [-0.25, -0.2) is 4.98 Å². The Kier molecular flexibility index (Phi) is 15.2. The van der Waals surface area contributed by atoms with E-state index in [-0.39, 0.29) is 60.8 Å². The molecule has 406 valence electrons. The van der Waals surface area contributed by atoms with Crippen LogP contribution in [0.3, 0.4) is 0 Å². The van der Waals surface area contributed by atoms with Crippen LogP contribution in [0.5, 0.6) is 11.6 Å². The number of phenolic OH excluding ortho intramolecular Hbond substituents is 1. The summed E-state index contributed by atoms with van der Waals surface area (Å²) in [6, 6.07) is 23.7. The molecule has 1 aliphatic carbocycles. The molecule has 5 saturated heterocycles. The summed E-state index contributed by atoms with van der Waals surface area (Å²) in [6.07, 6.45) is 9.75. The number of aromatic nitrogens is 4. The molecule has 5 aliphatic heterocycles. The number of para-hydroxylation sites is 1. The second-order valence-electron chi connectivity index (χ2n) is 22.6. The Labute approximate surface area is 450 Å². The van der Waals surface area contributed by atoms with Crippen LogP contribution in [0.15, 0.2) is 83.5 Å². The summed E-state index contributed by atoms with van der Waals surface area (Å²) in [5.41, 5.74) is 11.0. The fraction of sp³-hybridized carbons (Fsp3) is 0.534. The summed E-state index contributed by atoms with van der Waals surface area (Å²) in [6.45, 7) is 12.3. The molecule has 2 bridgehead atoms. The Bertz CT molecular complexity index is 2900. The van der Waals surface area contributed by atoms with Crippen molar-refractivity contribution in [3.8, 4) is 29.0 Å². The predicted octanol–water partition coefficient (Wildman–Crippen LogP) is 6.43. The number of nitriles is 1. The van der Waals surface area contributed by atoms with Crippen LogP contribution < -0.4 is 30.5 Å². The van der Waals surface area contributed by atoms with Gasteiger partial charge in [-0.3, -0.25) is 9.59 Å². The molecule has 6 atom stereocenters. The third-order valence-corrected chi connectivity index (χ3v) is 17.1. The normalized spacial score (nSPS) is 24.9. The lowest BCUT2D eigenvalue weighted by molar-refractivity contribution is -0.141. The number of benzene rings is 2. The van der Waals surface area contributed by atoms with E-state index >= 15 is 0 Å². The lowest BCUT2D eigenvalue weighted by Crippen LogP contribution is -2.54. The Balaban J connectivity index is 0.600. The summed E-state index contributed by atoms with van der Waals surface area (Å²) >= 11 is 0. The van der Waals surface area contributed by atoms with Gasteiger partial charge in [-0.05, 0) is 99.2 Å². The van der Waals surface area contributed by atoms with Crippen molar-refractivity contribution in [2.24, 2.45) is 11.8 Å².